The number of Topliss-reactive ketones (excluding diaryl/α,β-unsaturated/α-hetero) is 1. The first kappa shape index (κ1) is 10.9. The number of hydrogen-bond donors (Lipinski definition) is 0. The number of ketones is 1. The van der Waals surface area contributed by atoms with E-state index in [1.165, 1.54) is 19.3 Å². The Morgan fingerprint density at radius 2 is 1.92 bits per heavy atom. The summed E-state index contributed by atoms with van der Waals surface area (Å²) >= 11 is 0. The molecule has 0 aliphatic heterocycles. The Kier molecular flexibility index (Phi) is 4.64. The molecule has 0 aromatic heterocycles. The maximum Gasteiger partial charge on any atom is 0.145 e. The molecule has 0 heterocycles. The third-order valence-corrected chi connectivity index (χ3v) is 4.44. The van der Waals surface area contributed by atoms with Crippen LogP contribution in [0.25, 0.3) is 0 Å². The summed E-state index contributed by atoms with van der Waals surface area (Å²) in [4.78, 5) is 11.1. The second kappa shape index (κ2) is 5.53. The normalized spacial score (nSPS) is 21.3. The molecule has 1 fully saturated rings. The first-order valence-corrected chi connectivity index (χ1v) is 6.51. The van der Waals surface area contributed by atoms with Crippen LogP contribution in [0.4, 0.5) is 0 Å². The predicted octanol–water partition coefficient (Wildman–Crippen LogP) is 2.05. The van der Waals surface area contributed by atoms with Crippen molar-refractivity contribution >= 4 is 16.6 Å². The SMILES string of the molecule is CCC(=O)CS(=O)C1CCCCC1. The summed E-state index contributed by atoms with van der Waals surface area (Å²) in [6, 6.07) is 0. The first-order chi connectivity index (χ1) is 6.24. The van der Waals surface area contributed by atoms with Crippen LogP contribution in [-0.2, 0) is 15.6 Å². The lowest BCUT2D eigenvalue weighted by molar-refractivity contribution is -0.116. The van der Waals surface area contributed by atoms with Gasteiger partial charge in [-0.1, -0.05) is 26.2 Å². The quantitative estimate of drug-likeness (QED) is 0.699. The molecular formula is C10H18O2S. The van der Waals surface area contributed by atoms with E-state index >= 15 is 0 Å². The van der Waals surface area contributed by atoms with Gasteiger partial charge in [0, 0.05) is 22.5 Å². The van der Waals surface area contributed by atoms with Gasteiger partial charge in [0.15, 0.2) is 0 Å². The molecule has 0 aromatic carbocycles. The summed E-state index contributed by atoms with van der Waals surface area (Å²) in [7, 11) is -0.886. The molecule has 1 unspecified atom stereocenters. The standard InChI is InChI=1S/C10H18O2S/c1-2-9(11)8-13(12)10-6-4-3-5-7-10/h10H,2-8H2,1H3. The fourth-order valence-electron chi connectivity index (χ4n) is 1.71. The van der Waals surface area contributed by atoms with Crippen molar-refractivity contribution in [3.05, 3.63) is 0 Å². The Labute approximate surface area is 82.6 Å². The lowest BCUT2D eigenvalue weighted by Crippen LogP contribution is -2.24. The highest BCUT2D eigenvalue weighted by atomic mass is 32.2. The van der Waals surface area contributed by atoms with E-state index < -0.39 is 10.8 Å². The maximum atomic E-state index is 11.7. The van der Waals surface area contributed by atoms with Crippen molar-refractivity contribution < 1.29 is 9.00 Å². The van der Waals surface area contributed by atoms with Crippen molar-refractivity contribution in [3.8, 4) is 0 Å². The Bertz CT molecular complexity index is 195. The zero-order valence-electron chi connectivity index (χ0n) is 8.25. The van der Waals surface area contributed by atoms with Crippen LogP contribution in [0.2, 0.25) is 0 Å². The van der Waals surface area contributed by atoms with E-state index in [1.807, 2.05) is 6.92 Å². The minimum Gasteiger partial charge on any atom is -0.299 e. The molecular weight excluding hydrogens is 184 g/mol. The third kappa shape index (κ3) is 3.59. The molecule has 0 saturated heterocycles. The van der Waals surface area contributed by atoms with Crippen LogP contribution in [0.15, 0.2) is 0 Å². The van der Waals surface area contributed by atoms with Crippen LogP contribution in [0.5, 0.6) is 0 Å². The molecule has 0 spiro atoms. The highest BCUT2D eigenvalue weighted by molar-refractivity contribution is 7.86. The van der Waals surface area contributed by atoms with Gasteiger partial charge in [0.2, 0.25) is 0 Å². The van der Waals surface area contributed by atoms with Crippen LogP contribution >= 0.6 is 0 Å². The van der Waals surface area contributed by atoms with Crippen molar-refractivity contribution in [3.63, 3.8) is 0 Å². The summed E-state index contributed by atoms with van der Waals surface area (Å²) in [5.74, 6) is 0.435. The fraction of sp³-hybridized carbons (Fsp3) is 0.900. The molecule has 0 amide bonds. The van der Waals surface area contributed by atoms with E-state index in [0.29, 0.717) is 17.4 Å². The van der Waals surface area contributed by atoms with Crippen LogP contribution in [0.3, 0.4) is 0 Å². The number of hydrogen-bond acceptors (Lipinski definition) is 2. The van der Waals surface area contributed by atoms with Crippen molar-refractivity contribution in [1.82, 2.24) is 0 Å². The van der Waals surface area contributed by atoms with E-state index in [9.17, 15) is 9.00 Å². The molecule has 0 radical (unpaired) electrons. The average Bonchev–Trinajstić information content (AvgIpc) is 2.19. The highest BCUT2D eigenvalue weighted by Crippen LogP contribution is 2.22. The maximum absolute atomic E-state index is 11.7. The van der Waals surface area contributed by atoms with E-state index in [2.05, 4.69) is 0 Å². The summed E-state index contributed by atoms with van der Waals surface area (Å²) < 4.78 is 11.7. The Balaban J connectivity index is 2.33. The van der Waals surface area contributed by atoms with Gasteiger partial charge in [-0.2, -0.15) is 0 Å². The topological polar surface area (TPSA) is 34.1 Å². The van der Waals surface area contributed by atoms with Crippen LogP contribution in [0, 0.1) is 0 Å². The van der Waals surface area contributed by atoms with Crippen LogP contribution < -0.4 is 0 Å². The predicted molar refractivity (Wildman–Crippen MR) is 55.2 cm³/mol. The van der Waals surface area contributed by atoms with Crippen LogP contribution in [-0.4, -0.2) is 21.0 Å². The molecule has 1 atom stereocenters. The molecule has 0 bridgehead atoms. The van der Waals surface area contributed by atoms with Gasteiger partial charge in [-0.3, -0.25) is 9.00 Å². The summed E-state index contributed by atoms with van der Waals surface area (Å²) in [5.41, 5.74) is 0. The van der Waals surface area contributed by atoms with Gasteiger partial charge in [0.05, 0.1) is 5.75 Å². The Hall–Kier alpha value is -0.180. The molecule has 1 rings (SSSR count). The first-order valence-electron chi connectivity index (χ1n) is 5.13. The van der Waals surface area contributed by atoms with E-state index in [0.717, 1.165) is 12.8 Å². The molecule has 13 heavy (non-hydrogen) atoms. The van der Waals surface area contributed by atoms with Crippen LogP contribution in [0.1, 0.15) is 45.4 Å². The van der Waals surface area contributed by atoms with Crippen molar-refractivity contribution in [2.45, 2.75) is 50.7 Å². The molecule has 76 valence electrons. The van der Waals surface area contributed by atoms with Gasteiger partial charge in [0.25, 0.3) is 0 Å². The molecule has 1 saturated carbocycles. The molecule has 2 nitrogen and oxygen atoms in total. The largest absolute Gasteiger partial charge is 0.299 e. The minimum atomic E-state index is -0.886. The number of rotatable bonds is 4. The van der Waals surface area contributed by atoms with Gasteiger partial charge in [-0.25, -0.2) is 0 Å². The van der Waals surface area contributed by atoms with Gasteiger partial charge in [-0.15, -0.1) is 0 Å². The molecule has 0 aromatic rings. The van der Waals surface area contributed by atoms with Crippen molar-refractivity contribution in [1.29, 1.82) is 0 Å². The minimum absolute atomic E-state index is 0.143. The highest BCUT2D eigenvalue weighted by Gasteiger charge is 2.20. The molecule has 1 aliphatic rings. The molecule has 3 heteroatoms. The second-order valence-electron chi connectivity index (χ2n) is 3.68. The lowest BCUT2D eigenvalue weighted by atomic mass is 10.0. The number of carbonyl (C=O) groups excluding carboxylic acids is 1. The zero-order chi connectivity index (χ0) is 9.68. The third-order valence-electron chi connectivity index (χ3n) is 2.62. The van der Waals surface area contributed by atoms with Crippen molar-refractivity contribution in [2.24, 2.45) is 0 Å². The molecule has 0 N–H and O–H groups in total. The smallest absolute Gasteiger partial charge is 0.145 e. The molecule has 1 aliphatic carbocycles. The van der Waals surface area contributed by atoms with E-state index in [1.54, 1.807) is 0 Å². The van der Waals surface area contributed by atoms with Gasteiger partial charge in [0.1, 0.15) is 5.78 Å². The zero-order valence-corrected chi connectivity index (χ0v) is 9.07. The van der Waals surface area contributed by atoms with E-state index in [4.69, 9.17) is 0 Å². The average molecular weight is 202 g/mol. The van der Waals surface area contributed by atoms with Gasteiger partial charge in [-0.05, 0) is 12.8 Å². The Morgan fingerprint density at radius 3 is 2.46 bits per heavy atom. The van der Waals surface area contributed by atoms with Gasteiger partial charge >= 0.3 is 0 Å². The number of carbonyl (C=O) groups is 1. The monoisotopic (exact) mass is 202 g/mol. The van der Waals surface area contributed by atoms with Gasteiger partial charge < -0.3 is 0 Å². The Morgan fingerprint density at radius 1 is 1.31 bits per heavy atom. The fourth-order valence-corrected chi connectivity index (χ4v) is 3.32. The second-order valence-corrected chi connectivity index (χ2v) is 5.39. The summed E-state index contributed by atoms with van der Waals surface area (Å²) in [6.45, 7) is 1.83. The summed E-state index contributed by atoms with van der Waals surface area (Å²) in [5, 5.41) is 0.309. The lowest BCUT2D eigenvalue weighted by Gasteiger charge is -2.20. The summed E-state index contributed by atoms with van der Waals surface area (Å²) in [6.07, 6.45) is 6.30. The van der Waals surface area contributed by atoms with E-state index in [-0.39, 0.29) is 5.78 Å². The van der Waals surface area contributed by atoms with Crippen molar-refractivity contribution in [2.75, 3.05) is 5.75 Å².